The summed E-state index contributed by atoms with van der Waals surface area (Å²) in [5, 5.41) is 2.82. The van der Waals surface area contributed by atoms with Gasteiger partial charge in [-0.2, -0.15) is 0 Å². The minimum Gasteiger partial charge on any atom is -0.444 e. The normalized spacial score (nSPS) is 21.2. The van der Waals surface area contributed by atoms with Crippen LogP contribution in [0.4, 0.5) is 4.79 Å². The Hall–Kier alpha value is -1.01. The van der Waals surface area contributed by atoms with Crippen LogP contribution >= 0.6 is 0 Å². The van der Waals surface area contributed by atoms with E-state index in [9.17, 15) is 4.79 Å². The maximum atomic E-state index is 11.8. The second kappa shape index (κ2) is 5.89. The van der Waals surface area contributed by atoms with E-state index in [0.717, 1.165) is 0 Å². The van der Waals surface area contributed by atoms with E-state index in [-0.39, 0.29) is 11.2 Å². The van der Waals surface area contributed by atoms with Crippen LogP contribution in [0.5, 0.6) is 0 Å². The first-order chi connectivity index (χ1) is 9.64. The average molecular weight is 311 g/mol. The molecular weight excluding hydrogens is 281 g/mol. The molecule has 1 heterocycles. The third-order valence-corrected chi connectivity index (χ3v) is 3.76. The minimum absolute atomic E-state index is 0.370. The zero-order valence-corrected chi connectivity index (χ0v) is 15.4. The van der Waals surface area contributed by atoms with E-state index < -0.39 is 24.4 Å². The van der Waals surface area contributed by atoms with E-state index >= 15 is 0 Å². The van der Waals surface area contributed by atoms with Gasteiger partial charge in [0.25, 0.3) is 0 Å². The van der Waals surface area contributed by atoms with Crippen molar-refractivity contribution in [3.8, 4) is 0 Å². The SMILES string of the molecule is CC(C)(/C=C/B1OC(C)(C)C(C)(C)O1)NC(=O)OC(C)(C)C. The summed E-state index contributed by atoms with van der Waals surface area (Å²) in [6, 6.07) is 0. The van der Waals surface area contributed by atoms with Gasteiger partial charge in [-0.3, -0.25) is 0 Å². The summed E-state index contributed by atoms with van der Waals surface area (Å²) in [6.07, 6.45) is 1.41. The molecule has 1 aliphatic rings. The Bertz CT molecular complexity index is 434. The van der Waals surface area contributed by atoms with E-state index in [2.05, 4.69) is 5.32 Å². The molecule has 6 heteroatoms. The minimum atomic E-state index is -0.564. The third-order valence-electron chi connectivity index (χ3n) is 3.76. The first kappa shape index (κ1) is 19.0. The summed E-state index contributed by atoms with van der Waals surface area (Å²) in [4.78, 5) is 11.8. The molecule has 0 atom stereocenters. The fraction of sp³-hybridized carbons (Fsp3) is 0.812. The number of carbonyl (C=O) groups is 1. The van der Waals surface area contributed by atoms with Crippen molar-refractivity contribution >= 4 is 13.2 Å². The average Bonchev–Trinajstić information content (AvgIpc) is 2.41. The molecule has 0 saturated carbocycles. The van der Waals surface area contributed by atoms with Crippen LogP contribution in [0.2, 0.25) is 0 Å². The largest absolute Gasteiger partial charge is 0.486 e. The second-order valence-electron chi connectivity index (χ2n) is 8.33. The molecule has 0 aromatic carbocycles. The standard InChI is InChI=1S/C16H30BNO4/c1-13(2,3)20-12(19)18-14(4,5)10-11-17-21-15(6,7)16(8,9)22-17/h10-11H,1-9H3,(H,18,19)/b11-10+. The molecular formula is C16H30BNO4. The predicted molar refractivity (Wildman–Crippen MR) is 88.7 cm³/mol. The maximum Gasteiger partial charge on any atom is 0.486 e. The number of ether oxygens (including phenoxy) is 1. The summed E-state index contributed by atoms with van der Waals surface area (Å²) in [5.74, 6) is 1.83. The quantitative estimate of drug-likeness (QED) is 0.811. The van der Waals surface area contributed by atoms with Crippen molar-refractivity contribution in [3.63, 3.8) is 0 Å². The second-order valence-corrected chi connectivity index (χ2v) is 8.33. The molecule has 0 radical (unpaired) electrons. The van der Waals surface area contributed by atoms with E-state index in [1.165, 1.54) is 0 Å². The molecule has 0 aromatic rings. The number of alkyl carbamates (subject to hydrolysis) is 1. The van der Waals surface area contributed by atoms with E-state index in [1.807, 2.05) is 74.4 Å². The Kier molecular flexibility index (Phi) is 5.10. The van der Waals surface area contributed by atoms with Crippen molar-refractivity contribution in [1.82, 2.24) is 5.32 Å². The maximum absolute atomic E-state index is 11.8. The Balaban J connectivity index is 2.64. The highest BCUT2D eigenvalue weighted by Crippen LogP contribution is 2.37. The van der Waals surface area contributed by atoms with Gasteiger partial charge in [-0.1, -0.05) is 12.1 Å². The number of carbonyl (C=O) groups excluding carboxylic acids is 1. The number of amides is 1. The van der Waals surface area contributed by atoms with Crippen LogP contribution in [0.25, 0.3) is 0 Å². The van der Waals surface area contributed by atoms with E-state index in [0.29, 0.717) is 0 Å². The number of rotatable bonds is 3. The molecule has 1 N–H and O–H groups in total. The topological polar surface area (TPSA) is 56.8 Å². The first-order valence-electron chi connectivity index (χ1n) is 7.70. The van der Waals surface area contributed by atoms with Gasteiger partial charge in [0.05, 0.1) is 16.7 Å². The summed E-state index contributed by atoms with van der Waals surface area (Å²) in [6.45, 7) is 17.3. The van der Waals surface area contributed by atoms with Crippen molar-refractivity contribution in [3.05, 3.63) is 12.1 Å². The van der Waals surface area contributed by atoms with Gasteiger partial charge in [0.15, 0.2) is 0 Å². The van der Waals surface area contributed by atoms with Crippen molar-refractivity contribution in [2.45, 2.75) is 84.7 Å². The molecule has 5 nitrogen and oxygen atoms in total. The highest BCUT2D eigenvalue weighted by atomic mass is 16.7. The number of nitrogens with one attached hydrogen (secondary N) is 1. The van der Waals surface area contributed by atoms with Crippen molar-refractivity contribution in [2.75, 3.05) is 0 Å². The highest BCUT2D eigenvalue weighted by Gasteiger charge is 2.50. The monoisotopic (exact) mass is 311 g/mol. The van der Waals surface area contributed by atoms with Crippen LogP contribution in [0.1, 0.15) is 62.3 Å². The van der Waals surface area contributed by atoms with Gasteiger partial charge in [0.1, 0.15) is 5.60 Å². The molecule has 0 aliphatic carbocycles. The van der Waals surface area contributed by atoms with Crippen LogP contribution in [0.3, 0.4) is 0 Å². The molecule has 1 fully saturated rings. The summed E-state index contributed by atoms with van der Waals surface area (Å²) in [7, 11) is -0.426. The number of hydrogen-bond acceptors (Lipinski definition) is 4. The van der Waals surface area contributed by atoms with Crippen LogP contribution in [0, 0.1) is 0 Å². The molecule has 0 aromatic heterocycles. The zero-order chi connectivity index (χ0) is 17.4. The molecule has 22 heavy (non-hydrogen) atoms. The predicted octanol–water partition coefficient (Wildman–Crippen LogP) is 3.48. The van der Waals surface area contributed by atoms with Gasteiger partial charge >= 0.3 is 13.2 Å². The molecule has 1 amide bonds. The van der Waals surface area contributed by atoms with Crippen LogP contribution in [0.15, 0.2) is 12.1 Å². The molecule has 1 aliphatic heterocycles. The van der Waals surface area contributed by atoms with Crippen LogP contribution < -0.4 is 5.32 Å². The highest BCUT2D eigenvalue weighted by molar-refractivity contribution is 6.51. The van der Waals surface area contributed by atoms with Gasteiger partial charge in [-0.25, -0.2) is 4.79 Å². The Morgan fingerprint density at radius 2 is 1.50 bits per heavy atom. The van der Waals surface area contributed by atoms with Crippen molar-refractivity contribution in [1.29, 1.82) is 0 Å². The molecule has 1 rings (SSSR count). The molecule has 126 valence electrons. The van der Waals surface area contributed by atoms with E-state index in [1.54, 1.807) is 0 Å². The summed E-state index contributed by atoms with van der Waals surface area (Å²) < 4.78 is 17.0. The lowest BCUT2D eigenvalue weighted by molar-refractivity contribution is 0.00578. The molecule has 0 unspecified atom stereocenters. The Morgan fingerprint density at radius 1 is 1.05 bits per heavy atom. The Morgan fingerprint density at radius 3 is 1.91 bits per heavy atom. The molecule has 0 spiro atoms. The van der Waals surface area contributed by atoms with Crippen LogP contribution in [-0.4, -0.2) is 35.6 Å². The van der Waals surface area contributed by atoms with Gasteiger partial charge in [-0.05, 0) is 62.3 Å². The van der Waals surface area contributed by atoms with Crippen LogP contribution in [-0.2, 0) is 14.0 Å². The summed E-state index contributed by atoms with van der Waals surface area (Å²) in [5.41, 5.74) is -1.82. The Labute approximate surface area is 134 Å². The summed E-state index contributed by atoms with van der Waals surface area (Å²) >= 11 is 0. The smallest absolute Gasteiger partial charge is 0.444 e. The number of hydrogen-bond donors (Lipinski definition) is 1. The van der Waals surface area contributed by atoms with Gasteiger partial charge in [0, 0.05) is 0 Å². The van der Waals surface area contributed by atoms with Crippen molar-refractivity contribution < 1.29 is 18.8 Å². The van der Waals surface area contributed by atoms with Gasteiger partial charge in [-0.15, -0.1) is 0 Å². The lowest BCUT2D eigenvalue weighted by atomic mass is 9.87. The fourth-order valence-corrected chi connectivity index (χ4v) is 1.89. The zero-order valence-electron chi connectivity index (χ0n) is 15.4. The van der Waals surface area contributed by atoms with Gasteiger partial charge < -0.3 is 19.4 Å². The lowest BCUT2D eigenvalue weighted by Crippen LogP contribution is -2.44. The molecule has 0 bridgehead atoms. The van der Waals surface area contributed by atoms with Gasteiger partial charge in [0.2, 0.25) is 0 Å². The molecule has 1 saturated heterocycles. The van der Waals surface area contributed by atoms with E-state index in [4.69, 9.17) is 14.0 Å². The first-order valence-corrected chi connectivity index (χ1v) is 7.70. The third kappa shape index (κ3) is 5.32. The van der Waals surface area contributed by atoms with Crippen molar-refractivity contribution in [2.24, 2.45) is 0 Å². The fourth-order valence-electron chi connectivity index (χ4n) is 1.89. The lowest BCUT2D eigenvalue weighted by Gasteiger charge is -2.32.